The van der Waals surface area contributed by atoms with Gasteiger partial charge in [-0.05, 0) is 36.2 Å². The fourth-order valence-electron chi connectivity index (χ4n) is 2.90. The van der Waals surface area contributed by atoms with E-state index in [9.17, 15) is 9.59 Å². The number of nitrogens with zero attached hydrogens (tertiary/aromatic N) is 1. The summed E-state index contributed by atoms with van der Waals surface area (Å²) in [6.07, 6.45) is 0.862. The predicted molar refractivity (Wildman–Crippen MR) is 101 cm³/mol. The molecule has 7 heteroatoms. The molecule has 0 saturated heterocycles. The van der Waals surface area contributed by atoms with Crippen LogP contribution in [0.25, 0.3) is 11.1 Å². The number of carbonyl (C=O) groups is 1. The largest absolute Gasteiger partial charge is 0.493 e. The normalized spacial score (nSPS) is 10.7. The Hall–Kier alpha value is -3.22. The minimum Gasteiger partial charge on any atom is -0.493 e. The van der Waals surface area contributed by atoms with E-state index in [2.05, 4.69) is 5.32 Å². The number of carbonyl (C=O) groups excluding carboxylic acids is 1. The van der Waals surface area contributed by atoms with Crippen LogP contribution in [0.15, 0.2) is 51.7 Å². The lowest BCUT2D eigenvalue weighted by Gasteiger charge is -2.10. The summed E-state index contributed by atoms with van der Waals surface area (Å²) in [5.74, 6) is 0.786. The first-order valence-corrected chi connectivity index (χ1v) is 8.68. The monoisotopic (exact) mass is 370 g/mol. The summed E-state index contributed by atoms with van der Waals surface area (Å²) in [5, 5.41) is 2.87. The molecule has 142 valence electrons. The Kier molecular flexibility index (Phi) is 5.80. The van der Waals surface area contributed by atoms with Crippen LogP contribution in [0, 0.1) is 0 Å². The SMILES string of the molecule is COc1ccc(CNC(=O)CCCn2c(=O)oc3ccccc32)cc1OC. The lowest BCUT2D eigenvalue weighted by Crippen LogP contribution is -2.23. The van der Waals surface area contributed by atoms with E-state index in [-0.39, 0.29) is 5.91 Å². The summed E-state index contributed by atoms with van der Waals surface area (Å²) >= 11 is 0. The molecule has 0 aliphatic carbocycles. The Morgan fingerprint density at radius 2 is 1.89 bits per heavy atom. The van der Waals surface area contributed by atoms with Crippen molar-refractivity contribution >= 4 is 17.0 Å². The molecule has 1 heterocycles. The highest BCUT2D eigenvalue weighted by Gasteiger charge is 2.10. The highest BCUT2D eigenvalue weighted by atomic mass is 16.5. The molecule has 0 spiro atoms. The second-order valence-electron chi connectivity index (χ2n) is 6.06. The Morgan fingerprint density at radius 3 is 2.67 bits per heavy atom. The molecule has 0 bridgehead atoms. The topological polar surface area (TPSA) is 82.7 Å². The first-order chi connectivity index (χ1) is 13.1. The minimum atomic E-state index is -0.401. The molecule has 1 N–H and O–H groups in total. The average molecular weight is 370 g/mol. The fourth-order valence-corrected chi connectivity index (χ4v) is 2.90. The van der Waals surface area contributed by atoms with Crippen LogP contribution < -0.4 is 20.5 Å². The van der Waals surface area contributed by atoms with Crippen LogP contribution in [0.5, 0.6) is 11.5 Å². The molecule has 3 aromatic rings. The molecule has 27 heavy (non-hydrogen) atoms. The van der Waals surface area contributed by atoms with E-state index in [4.69, 9.17) is 13.9 Å². The van der Waals surface area contributed by atoms with Crippen LogP contribution >= 0.6 is 0 Å². The van der Waals surface area contributed by atoms with E-state index in [0.717, 1.165) is 11.1 Å². The molecule has 1 aromatic heterocycles. The van der Waals surface area contributed by atoms with E-state index in [1.165, 1.54) is 0 Å². The number of fused-ring (bicyclic) bond motifs is 1. The number of aryl methyl sites for hydroxylation is 1. The van der Waals surface area contributed by atoms with Crippen LogP contribution in [0.4, 0.5) is 0 Å². The second-order valence-corrected chi connectivity index (χ2v) is 6.06. The Bertz CT molecular complexity index is 989. The highest BCUT2D eigenvalue weighted by Crippen LogP contribution is 2.27. The van der Waals surface area contributed by atoms with Crippen molar-refractivity contribution in [2.24, 2.45) is 0 Å². The zero-order valence-corrected chi connectivity index (χ0v) is 15.4. The third-order valence-corrected chi connectivity index (χ3v) is 4.30. The standard InChI is InChI=1S/C20H22N2O5/c1-25-17-10-9-14(12-18(17)26-2)13-21-19(23)8-5-11-22-15-6-3-4-7-16(15)27-20(22)24/h3-4,6-7,9-10,12H,5,8,11,13H2,1-2H3,(H,21,23). The molecule has 0 atom stereocenters. The highest BCUT2D eigenvalue weighted by molar-refractivity contribution is 5.76. The van der Waals surface area contributed by atoms with Crippen molar-refractivity contribution in [1.82, 2.24) is 9.88 Å². The van der Waals surface area contributed by atoms with Gasteiger partial charge in [-0.25, -0.2) is 4.79 Å². The summed E-state index contributed by atoms with van der Waals surface area (Å²) in [4.78, 5) is 24.0. The van der Waals surface area contributed by atoms with Crippen molar-refractivity contribution in [3.05, 3.63) is 58.6 Å². The smallest absolute Gasteiger partial charge is 0.419 e. The molecule has 0 fully saturated rings. The maximum absolute atomic E-state index is 12.1. The van der Waals surface area contributed by atoms with Gasteiger partial charge in [0.25, 0.3) is 0 Å². The van der Waals surface area contributed by atoms with Gasteiger partial charge in [-0.15, -0.1) is 0 Å². The zero-order chi connectivity index (χ0) is 19.2. The quantitative estimate of drug-likeness (QED) is 0.659. The lowest BCUT2D eigenvalue weighted by molar-refractivity contribution is -0.121. The number of amides is 1. The lowest BCUT2D eigenvalue weighted by atomic mass is 10.2. The molecule has 1 amide bonds. The van der Waals surface area contributed by atoms with Crippen molar-refractivity contribution in [2.45, 2.75) is 25.9 Å². The summed E-state index contributed by atoms with van der Waals surface area (Å²) in [6, 6.07) is 12.8. The molecule has 2 aromatic carbocycles. The number of aromatic nitrogens is 1. The van der Waals surface area contributed by atoms with Crippen LogP contribution in [-0.2, 0) is 17.9 Å². The van der Waals surface area contributed by atoms with Gasteiger partial charge in [0.15, 0.2) is 17.1 Å². The molecule has 0 aliphatic heterocycles. The fraction of sp³-hybridized carbons (Fsp3) is 0.300. The maximum atomic E-state index is 12.1. The predicted octanol–water partition coefficient (Wildman–Crippen LogP) is 2.71. The summed E-state index contributed by atoms with van der Waals surface area (Å²) in [5.41, 5.74) is 2.21. The van der Waals surface area contributed by atoms with Crippen molar-refractivity contribution < 1.29 is 18.7 Å². The molecule has 7 nitrogen and oxygen atoms in total. The Morgan fingerprint density at radius 1 is 1.11 bits per heavy atom. The van der Waals surface area contributed by atoms with Crippen molar-refractivity contribution in [3.8, 4) is 11.5 Å². The van der Waals surface area contributed by atoms with Gasteiger partial charge < -0.3 is 19.2 Å². The number of nitrogens with one attached hydrogen (secondary N) is 1. The summed E-state index contributed by atoms with van der Waals surface area (Å²) in [7, 11) is 3.15. The molecule has 0 aliphatic rings. The van der Waals surface area contributed by atoms with Crippen LogP contribution in [0.3, 0.4) is 0 Å². The van der Waals surface area contributed by atoms with Gasteiger partial charge >= 0.3 is 5.76 Å². The Balaban J connectivity index is 1.51. The molecule has 3 rings (SSSR count). The van der Waals surface area contributed by atoms with E-state index in [1.807, 2.05) is 30.3 Å². The van der Waals surface area contributed by atoms with Gasteiger partial charge in [-0.1, -0.05) is 18.2 Å². The average Bonchev–Trinajstić information content (AvgIpc) is 3.01. The summed E-state index contributed by atoms with van der Waals surface area (Å²) in [6.45, 7) is 0.827. The number of hydrogen-bond donors (Lipinski definition) is 1. The third-order valence-electron chi connectivity index (χ3n) is 4.30. The van der Waals surface area contributed by atoms with Crippen molar-refractivity contribution in [2.75, 3.05) is 14.2 Å². The van der Waals surface area contributed by atoms with Gasteiger partial charge in [0.05, 0.1) is 19.7 Å². The van der Waals surface area contributed by atoms with E-state index < -0.39 is 5.76 Å². The molecule has 0 unspecified atom stereocenters. The number of para-hydroxylation sites is 2. The van der Waals surface area contributed by atoms with Gasteiger partial charge in [-0.3, -0.25) is 9.36 Å². The van der Waals surface area contributed by atoms with E-state index >= 15 is 0 Å². The molecular formula is C20H22N2O5. The first kappa shape index (κ1) is 18.6. The van der Waals surface area contributed by atoms with Crippen LogP contribution in [-0.4, -0.2) is 24.7 Å². The van der Waals surface area contributed by atoms with Gasteiger partial charge in [-0.2, -0.15) is 0 Å². The van der Waals surface area contributed by atoms with Gasteiger partial charge in [0.1, 0.15) is 0 Å². The van der Waals surface area contributed by atoms with Crippen molar-refractivity contribution in [1.29, 1.82) is 0 Å². The number of benzene rings is 2. The summed E-state index contributed by atoms with van der Waals surface area (Å²) < 4.78 is 17.2. The minimum absolute atomic E-state index is 0.0781. The number of hydrogen-bond acceptors (Lipinski definition) is 5. The third kappa shape index (κ3) is 4.31. The van der Waals surface area contributed by atoms with Crippen LogP contribution in [0.2, 0.25) is 0 Å². The molecule has 0 saturated carbocycles. The number of ether oxygens (including phenoxy) is 2. The van der Waals surface area contributed by atoms with E-state index in [1.54, 1.807) is 30.9 Å². The second kappa shape index (κ2) is 8.44. The first-order valence-electron chi connectivity index (χ1n) is 8.68. The Labute approximate surface area is 156 Å². The number of methoxy groups -OCH3 is 2. The van der Waals surface area contributed by atoms with Crippen LogP contribution in [0.1, 0.15) is 18.4 Å². The van der Waals surface area contributed by atoms with Crippen molar-refractivity contribution in [3.63, 3.8) is 0 Å². The number of rotatable bonds is 8. The van der Waals surface area contributed by atoms with Gasteiger partial charge in [0, 0.05) is 19.5 Å². The van der Waals surface area contributed by atoms with Gasteiger partial charge in [0.2, 0.25) is 5.91 Å². The zero-order valence-electron chi connectivity index (χ0n) is 15.4. The maximum Gasteiger partial charge on any atom is 0.419 e. The molecular weight excluding hydrogens is 348 g/mol. The van der Waals surface area contributed by atoms with E-state index in [0.29, 0.717) is 43.0 Å². The molecule has 0 radical (unpaired) electrons. The number of oxazole rings is 1.